The lowest BCUT2D eigenvalue weighted by Crippen LogP contribution is -2.54. The number of benzene rings is 2. The Hall–Kier alpha value is -3.76. The third-order valence-electron chi connectivity index (χ3n) is 6.85. The van der Waals surface area contributed by atoms with Gasteiger partial charge in [0.2, 0.25) is 5.91 Å². The summed E-state index contributed by atoms with van der Waals surface area (Å²) in [6, 6.07) is 11.5. The van der Waals surface area contributed by atoms with Crippen molar-refractivity contribution < 1.29 is 19.1 Å². The van der Waals surface area contributed by atoms with Crippen molar-refractivity contribution in [2.45, 2.75) is 38.5 Å². The van der Waals surface area contributed by atoms with Crippen molar-refractivity contribution in [3.05, 3.63) is 65.5 Å². The van der Waals surface area contributed by atoms with E-state index in [1.165, 1.54) is 28.8 Å². The molecule has 3 atom stereocenters. The number of amides is 3. The number of methoxy groups -OCH3 is 2. The quantitative estimate of drug-likeness (QED) is 0.587. The number of carbonyl (C=O) groups is 2. The first-order chi connectivity index (χ1) is 16.9. The number of nitrogens with zero attached hydrogens (tertiary/aromatic N) is 3. The first-order valence-electron chi connectivity index (χ1n) is 11.6. The average Bonchev–Trinajstić information content (AvgIpc) is 3.42. The predicted octanol–water partition coefficient (Wildman–Crippen LogP) is 2.63. The highest BCUT2D eigenvalue weighted by atomic mass is 16.5. The Balaban J connectivity index is 1.26. The van der Waals surface area contributed by atoms with Gasteiger partial charge in [0, 0.05) is 18.5 Å². The number of anilines is 1. The van der Waals surface area contributed by atoms with E-state index in [1.807, 2.05) is 11.2 Å². The normalized spacial score (nSPS) is 22.8. The molecule has 184 valence electrons. The maximum absolute atomic E-state index is 13.0. The van der Waals surface area contributed by atoms with Crippen LogP contribution in [0.15, 0.2) is 48.8 Å². The standard InChI is InChI=1S/C25H30N6O4/c1-15-5-6-17(11-16(15)2)19-13-21-24-28-31(25(33)29(24)9-10-30(21)27-19)14-23(32)26-20-12-18(34-3)7-8-22(20)35-4/h5-12,19,21,24,27-28H,13-14H2,1-4H3,(H,26,32). The summed E-state index contributed by atoms with van der Waals surface area (Å²) in [6.45, 7) is 4.07. The molecule has 0 spiro atoms. The van der Waals surface area contributed by atoms with Gasteiger partial charge in [-0.2, -0.15) is 0 Å². The van der Waals surface area contributed by atoms with Crippen LogP contribution < -0.4 is 25.6 Å². The van der Waals surface area contributed by atoms with E-state index in [2.05, 4.69) is 48.2 Å². The number of hydrogen-bond acceptors (Lipinski definition) is 7. The smallest absolute Gasteiger partial charge is 0.340 e. The van der Waals surface area contributed by atoms with E-state index in [1.54, 1.807) is 36.4 Å². The highest BCUT2D eigenvalue weighted by Crippen LogP contribution is 2.35. The number of hydrogen-bond donors (Lipinski definition) is 3. The van der Waals surface area contributed by atoms with Crippen LogP contribution in [0.25, 0.3) is 0 Å². The Morgan fingerprint density at radius 3 is 2.63 bits per heavy atom. The summed E-state index contributed by atoms with van der Waals surface area (Å²) < 4.78 is 10.6. The molecule has 0 radical (unpaired) electrons. The van der Waals surface area contributed by atoms with Crippen molar-refractivity contribution in [2.75, 3.05) is 26.1 Å². The van der Waals surface area contributed by atoms with Crippen molar-refractivity contribution in [1.29, 1.82) is 0 Å². The molecule has 3 N–H and O–H groups in total. The highest BCUT2D eigenvalue weighted by Gasteiger charge is 2.48. The largest absolute Gasteiger partial charge is 0.497 e. The fourth-order valence-corrected chi connectivity index (χ4v) is 4.78. The van der Waals surface area contributed by atoms with Gasteiger partial charge in [-0.3, -0.25) is 9.69 Å². The molecule has 10 heteroatoms. The van der Waals surface area contributed by atoms with Crippen LogP contribution in [0.5, 0.6) is 11.5 Å². The van der Waals surface area contributed by atoms with E-state index >= 15 is 0 Å². The Kier molecular flexibility index (Phi) is 6.00. The maximum Gasteiger partial charge on any atom is 0.340 e. The lowest BCUT2D eigenvalue weighted by Gasteiger charge is -2.34. The first kappa shape index (κ1) is 23.0. The third kappa shape index (κ3) is 4.26. The molecule has 2 aromatic carbocycles. The summed E-state index contributed by atoms with van der Waals surface area (Å²) in [6.07, 6.45) is 4.16. The lowest BCUT2D eigenvalue weighted by molar-refractivity contribution is -0.117. The molecule has 0 bridgehead atoms. The van der Waals surface area contributed by atoms with Gasteiger partial charge in [0.25, 0.3) is 0 Å². The van der Waals surface area contributed by atoms with Crippen molar-refractivity contribution >= 4 is 17.6 Å². The van der Waals surface area contributed by atoms with Gasteiger partial charge in [-0.25, -0.2) is 20.7 Å². The molecule has 35 heavy (non-hydrogen) atoms. The predicted molar refractivity (Wildman–Crippen MR) is 130 cm³/mol. The minimum atomic E-state index is -0.351. The third-order valence-corrected chi connectivity index (χ3v) is 6.85. The molecule has 2 saturated heterocycles. The summed E-state index contributed by atoms with van der Waals surface area (Å²) in [5.41, 5.74) is 11.0. The van der Waals surface area contributed by atoms with Gasteiger partial charge in [0.05, 0.1) is 32.0 Å². The number of fused-ring (bicyclic) bond motifs is 3. The second kappa shape index (κ2) is 9.12. The number of aryl methyl sites for hydroxylation is 2. The first-order valence-corrected chi connectivity index (χ1v) is 11.6. The number of ether oxygens (including phenoxy) is 2. The maximum atomic E-state index is 13.0. The second-order valence-corrected chi connectivity index (χ2v) is 9.00. The van der Waals surface area contributed by atoms with E-state index in [0.29, 0.717) is 17.2 Å². The number of urea groups is 1. The fourth-order valence-electron chi connectivity index (χ4n) is 4.78. The van der Waals surface area contributed by atoms with Gasteiger partial charge >= 0.3 is 6.03 Å². The molecular weight excluding hydrogens is 448 g/mol. The van der Waals surface area contributed by atoms with Crippen LogP contribution in [-0.2, 0) is 4.79 Å². The molecular formula is C25H30N6O4. The summed E-state index contributed by atoms with van der Waals surface area (Å²) >= 11 is 0. The van der Waals surface area contributed by atoms with E-state index < -0.39 is 0 Å². The van der Waals surface area contributed by atoms with Crippen LogP contribution in [0.1, 0.15) is 29.2 Å². The zero-order chi connectivity index (χ0) is 24.7. The molecule has 3 unspecified atom stereocenters. The Labute approximate surface area is 204 Å². The van der Waals surface area contributed by atoms with E-state index in [9.17, 15) is 9.59 Å². The van der Waals surface area contributed by atoms with Crippen LogP contribution >= 0.6 is 0 Å². The van der Waals surface area contributed by atoms with Gasteiger partial charge in [-0.1, -0.05) is 18.2 Å². The summed E-state index contributed by atoms with van der Waals surface area (Å²) in [7, 11) is 3.08. The van der Waals surface area contributed by atoms with E-state index in [4.69, 9.17) is 9.47 Å². The van der Waals surface area contributed by atoms with Gasteiger partial charge in [-0.05, 0) is 49.1 Å². The summed E-state index contributed by atoms with van der Waals surface area (Å²) in [5, 5.41) is 6.21. The SMILES string of the molecule is COc1ccc(OC)c(NC(=O)CN2NC3C4CC(c5ccc(C)c(C)c5)NN4C=CN3C2=O)c1. The second-order valence-electron chi connectivity index (χ2n) is 9.00. The van der Waals surface area contributed by atoms with Gasteiger partial charge < -0.3 is 19.8 Å². The Bertz CT molecular complexity index is 1180. The van der Waals surface area contributed by atoms with Crippen molar-refractivity contribution in [3.63, 3.8) is 0 Å². The van der Waals surface area contributed by atoms with E-state index in [-0.39, 0.29) is 36.7 Å². The monoisotopic (exact) mass is 478 g/mol. The van der Waals surface area contributed by atoms with Crippen molar-refractivity contribution in [1.82, 2.24) is 25.8 Å². The molecule has 10 nitrogen and oxygen atoms in total. The molecule has 3 aliphatic rings. The Morgan fingerprint density at radius 1 is 1.06 bits per heavy atom. The summed E-state index contributed by atoms with van der Waals surface area (Å²) in [5.74, 6) is 0.742. The minimum Gasteiger partial charge on any atom is -0.497 e. The van der Waals surface area contributed by atoms with Crippen LogP contribution in [0, 0.1) is 13.8 Å². The molecule has 3 heterocycles. The van der Waals surface area contributed by atoms with Crippen molar-refractivity contribution in [3.8, 4) is 11.5 Å². The van der Waals surface area contributed by atoms with Gasteiger partial charge in [-0.15, -0.1) is 0 Å². The summed E-state index contributed by atoms with van der Waals surface area (Å²) in [4.78, 5) is 27.5. The van der Waals surface area contributed by atoms with Crippen molar-refractivity contribution in [2.24, 2.45) is 0 Å². The molecule has 5 rings (SSSR count). The number of rotatable bonds is 6. The molecule has 2 aromatic rings. The molecule has 0 aliphatic carbocycles. The van der Waals surface area contributed by atoms with Crippen LogP contribution in [0.3, 0.4) is 0 Å². The fraction of sp³-hybridized carbons (Fsp3) is 0.360. The van der Waals surface area contributed by atoms with Gasteiger partial charge in [0.1, 0.15) is 24.2 Å². The average molecular weight is 479 g/mol. The van der Waals surface area contributed by atoms with Crippen LogP contribution in [0.4, 0.5) is 10.5 Å². The van der Waals surface area contributed by atoms with Gasteiger partial charge in [0.15, 0.2) is 0 Å². The topological polar surface area (TPSA) is 98.4 Å². The number of nitrogens with one attached hydrogen (secondary N) is 3. The Morgan fingerprint density at radius 2 is 1.89 bits per heavy atom. The van der Waals surface area contributed by atoms with Crippen LogP contribution in [-0.4, -0.2) is 59.8 Å². The lowest BCUT2D eigenvalue weighted by atomic mass is 9.97. The molecule has 0 saturated carbocycles. The van der Waals surface area contributed by atoms with Crippen LogP contribution in [0.2, 0.25) is 0 Å². The molecule has 3 amide bonds. The molecule has 2 fully saturated rings. The highest BCUT2D eigenvalue weighted by molar-refractivity contribution is 5.96. The molecule has 3 aliphatic heterocycles. The minimum absolute atomic E-state index is 0.0158. The number of hydrazine groups is 2. The van der Waals surface area contributed by atoms with E-state index in [0.717, 1.165) is 6.42 Å². The zero-order valence-electron chi connectivity index (χ0n) is 20.2. The molecule has 0 aromatic heterocycles. The zero-order valence-corrected chi connectivity index (χ0v) is 20.2. The number of carbonyl (C=O) groups excluding carboxylic acids is 2.